The first-order valence-corrected chi connectivity index (χ1v) is 9.56. The van der Waals surface area contributed by atoms with Crippen LogP contribution in [0.25, 0.3) is 16.7 Å². The standard InChI is InChI=1S/C25H25N/c1-19-8-5-6-13-25(19)23-12-7-9-20(16-23)17-24-18-22(14-15-26-24)21-10-3-2-4-11-21/h2-6,8,10-11,13-16,18,20H,7,9,12,17H2,1H3. The Hall–Kier alpha value is -2.67. The quantitative estimate of drug-likeness (QED) is 0.530. The van der Waals surface area contributed by atoms with Crippen molar-refractivity contribution < 1.29 is 0 Å². The second kappa shape index (κ2) is 7.70. The summed E-state index contributed by atoms with van der Waals surface area (Å²) in [6, 6.07) is 23.7. The summed E-state index contributed by atoms with van der Waals surface area (Å²) in [6.45, 7) is 2.21. The molecule has 1 aliphatic rings. The van der Waals surface area contributed by atoms with Crippen LogP contribution in [0.2, 0.25) is 0 Å². The van der Waals surface area contributed by atoms with Gasteiger partial charge >= 0.3 is 0 Å². The Morgan fingerprint density at radius 2 is 1.73 bits per heavy atom. The Morgan fingerprint density at radius 1 is 0.923 bits per heavy atom. The van der Waals surface area contributed by atoms with Gasteiger partial charge < -0.3 is 0 Å². The van der Waals surface area contributed by atoms with E-state index in [9.17, 15) is 0 Å². The summed E-state index contributed by atoms with van der Waals surface area (Å²) in [5.41, 5.74) is 8.02. The zero-order valence-electron chi connectivity index (χ0n) is 15.4. The number of allylic oxidation sites excluding steroid dienone is 2. The molecule has 1 aliphatic carbocycles. The maximum Gasteiger partial charge on any atom is 0.0415 e. The highest BCUT2D eigenvalue weighted by molar-refractivity contribution is 5.69. The Bertz CT molecular complexity index is 908. The molecule has 0 radical (unpaired) electrons. The first-order chi connectivity index (χ1) is 12.8. The van der Waals surface area contributed by atoms with E-state index in [0.717, 1.165) is 6.42 Å². The van der Waals surface area contributed by atoms with Crippen molar-refractivity contribution in [3.63, 3.8) is 0 Å². The number of nitrogens with zero attached hydrogens (tertiary/aromatic N) is 1. The van der Waals surface area contributed by atoms with Gasteiger partial charge in [0.2, 0.25) is 0 Å². The maximum atomic E-state index is 4.65. The van der Waals surface area contributed by atoms with E-state index in [0.29, 0.717) is 5.92 Å². The molecule has 3 aromatic rings. The molecule has 1 heterocycles. The van der Waals surface area contributed by atoms with Gasteiger partial charge in [-0.2, -0.15) is 0 Å². The highest BCUT2D eigenvalue weighted by atomic mass is 14.7. The van der Waals surface area contributed by atoms with E-state index in [2.05, 4.69) is 84.7 Å². The van der Waals surface area contributed by atoms with Gasteiger partial charge in [0.1, 0.15) is 0 Å². The van der Waals surface area contributed by atoms with Gasteiger partial charge in [0.15, 0.2) is 0 Å². The van der Waals surface area contributed by atoms with Crippen LogP contribution in [0.3, 0.4) is 0 Å². The van der Waals surface area contributed by atoms with E-state index >= 15 is 0 Å². The highest BCUT2D eigenvalue weighted by Gasteiger charge is 2.17. The smallest absolute Gasteiger partial charge is 0.0415 e. The van der Waals surface area contributed by atoms with Crippen LogP contribution >= 0.6 is 0 Å². The third kappa shape index (κ3) is 3.77. The summed E-state index contributed by atoms with van der Waals surface area (Å²) in [7, 11) is 0. The van der Waals surface area contributed by atoms with Gasteiger partial charge in [-0.25, -0.2) is 0 Å². The maximum absolute atomic E-state index is 4.65. The number of benzene rings is 2. The molecule has 0 spiro atoms. The summed E-state index contributed by atoms with van der Waals surface area (Å²) in [5.74, 6) is 0.580. The number of aryl methyl sites for hydroxylation is 1. The molecule has 1 aromatic heterocycles. The van der Waals surface area contributed by atoms with E-state index < -0.39 is 0 Å². The molecule has 0 saturated heterocycles. The lowest BCUT2D eigenvalue weighted by atomic mass is 9.83. The van der Waals surface area contributed by atoms with E-state index in [1.54, 1.807) is 0 Å². The Morgan fingerprint density at radius 3 is 2.58 bits per heavy atom. The van der Waals surface area contributed by atoms with Crippen LogP contribution in [0.1, 0.15) is 36.1 Å². The van der Waals surface area contributed by atoms with Crippen molar-refractivity contribution in [2.45, 2.75) is 32.6 Å². The van der Waals surface area contributed by atoms with Crippen LogP contribution in [0.4, 0.5) is 0 Å². The largest absolute Gasteiger partial charge is 0.261 e. The molecule has 130 valence electrons. The van der Waals surface area contributed by atoms with Crippen molar-refractivity contribution in [1.82, 2.24) is 4.98 Å². The van der Waals surface area contributed by atoms with Crippen LogP contribution in [0.5, 0.6) is 0 Å². The monoisotopic (exact) mass is 339 g/mol. The van der Waals surface area contributed by atoms with Gasteiger partial charge in [-0.3, -0.25) is 4.98 Å². The minimum Gasteiger partial charge on any atom is -0.261 e. The Balaban J connectivity index is 1.56. The van der Waals surface area contributed by atoms with Crippen LogP contribution in [0, 0.1) is 12.8 Å². The predicted molar refractivity (Wildman–Crippen MR) is 110 cm³/mol. The van der Waals surface area contributed by atoms with Crippen LogP contribution in [-0.4, -0.2) is 4.98 Å². The summed E-state index contributed by atoms with van der Waals surface area (Å²) in [4.78, 5) is 4.65. The summed E-state index contributed by atoms with van der Waals surface area (Å²) in [5, 5.41) is 0. The van der Waals surface area contributed by atoms with Crippen LogP contribution in [0.15, 0.2) is 79.0 Å². The molecule has 2 aromatic carbocycles. The zero-order chi connectivity index (χ0) is 17.8. The summed E-state index contributed by atoms with van der Waals surface area (Å²) < 4.78 is 0. The molecule has 26 heavy (non-hydrogen) atoms. The molecule has 0 N–H and O–H groups in total. The lowest BCUT2D eigenvalue weighted by Gasteiger charge is -2.22. The first-order valence-electron chi connectivity index (χ1n) is 9.56. The fraction of sp³-hybridized carbons (Fsp3) is 0.240. The van der Waals surface area contributed by atoms with E-state index in [4.69, 9.17) is 0 Å². The molecule has 0 saturated carbocycles. The van der Waals surface area contributed by atoms with Crippen molar-refractivity contribution in [2.24, 2.45) is 5.92 Å². The fourth-order valence-corrected chi connectivity index (χ4v) is 3.99. The van der Waals surface area contributed by atoms with Crippen molar-refractivity contribution in [3.8, 4) is 11.1 Å². The lowest BCUT2D eigenvalue weighted by Crippen LogP contribution is -2.09. The summed E-state index contributed by atoms with van der Waals surface area (Å²) in [6.07, 6.45) is 9.19. The predicted octanol–water partition coefficient (Wildman–Crippen LogP) is 6.48. The zero-order valence-corrected chi connectivity index (χ0v) is 15.4. The minimum absolute atomic E-state index is 0.580. The lowest BCUT2D eigenvalue weighted by molar-refractivity contribution is 0.540. The average Bonchev–Trinajstić information content (AvgIpc) is 2.69. The normalized spacial score (nSPS) is 17.0. The molecule has 0 bridgehead atoms. The molecule has 1 nitrogen and oxygen atoms in total. The molecule has 1 heteroatoms. The van der Waals surface area contributed by atoms with Crippen molar-refractivity contribution in [3.05, 3.63) is 95.8 Å². The fourth-order valence-electron chi connectivity index (χ4n) is 3.99. The van der Waals surface area contributed by atoms with Gasteiger partial charge in [-0.05, 0) is 78.5 Å². The Labute approximate surface area is 156 Å². The number of pyridine rings is 1. The number of rotatable bonds is 4. The molecule has 0 fully saturated rings. The average molecular weight is 339 g/mol. The van der Waals surface area contributed by atoms with E-state index in [1.807, 2.05) is 6.20 Å². The van der Waals surface area contributed by atoms with Gasteiger partial charge in [-0.15, -0.1) is 0 Å². The molecule has 1 unspecified atom stereocenters. The second-order valence-corrected chi connectivity index (χ2v) is 7.27. The number of hydrogen-bond acceptors (Lipinski definition) is 1. The SMILES string of the molecule is Cc1ccccc1C1=CC(Cc2cc(-c3ccccc3)ccn2)CCC1. The highest BCUT2D eigenvalue weighted by Crippen LogP contribution is 2.33. The molecule has 0 amide bonds. The third-order valence-electron chi connectivity index (χ3n) is 5.34. The van der Waals surface area contributed by atoms with Gasteiger partial charge in [0.05, 0.1) is 0 Å². The number of hydrogen-bond donors (Lipinski definition) is 0. The van der Waals surface area contributed by atoms with Crippen LogP contribution < -0.4 is 0 Å². The van der Waals surface area contributed by atoms with Gasteiger partial charge in [0, 0.05) is 11.9 Å². The second-order valence-electron chi connectivity index (χ2n) is 7.27. The van der Waals surface area contributed by atoms with Crippen LogP contribution in [-0.2, 0) is 6.42 Å². The van der Waals surface area contributed by atoms with Crippen molar-refractivity contribution in [1.29, 1.82) is 0 Å². The molecule has 4 rings (SSSR count). The van der Waals surface area contributed by atoms with E-state index in [-0.39, 0.29) is 0 Å². The minimum atomic E-state index is 0.580. The topological polar surface area (TPSA) is 12.9 Å². The molecular formula is C25H25N. The molecule has 0 aliphatic heterocycles. The van der Waals surface area contributed by atoms with Crippen molar-refractivity contribution >= 4 is 5.57 Å². The first kappa shape index (κ1) is 16.8. The number of aromatic nitrogens is 1. The van der Waals surface area contributed by atoms with Crippen molar-refractivity contribution in [2.75, 3.05) is 0 Å². The van der Waals surface area contributed by atoms with Gasteiger partial charge in [0.25, 0.3) is 0 Å². The molecule has 1 atom stereocenters. The molecular weight excluding hydrogens is 314 g/mol. The summed E-state index contributed by atoms with van der Waals surface area (Å²) >= 11 is 0. The van der Waals surface area contributed by atoms with Gasteiger partial charge in [-0.1, -0.05) is 60.7 Å². The Kier molecular flexibility index (Phi) is 4.97. The van der Waals surface area contributed by atoms with E-state index in [1.165, 1.54) is 52.8 Å². The third-order valence-corrected chi connectivity index (χ3v) is 5.34.